The predicted octanol–water partition coefficient (Wildman–Crippen LogP) is 3.96. The number of amides is 1. The highest BCUT2D eigenvalue weighted by molar-refractivity contribution is 5.95. The standard InChI is InChI=1S/C22H29N3O3/c1-12-20(17-8-7-16(27-3)11-19(17)28-4)24-25-21(12)22(26)23-13(2)18-10-14-5-6-15(18)9-14/h7-8,11,13-15,18H,5-6,9-10H2,1-4H3,(H,23,26)(H,24,25)/t13-,14+,15+,18+/m1/s1. The lowest BCUT2D eigenvalue weighted by molar-refractivity contribution is 0.0909. The molecule has 2 fully saturated rings. The van der Waals surface area contributed by atoms with E-state index in [1.54, 1.807) is 14.2 Å². The van der Waals surface area contributed by atoms with E-state index in [9.17, 15) is 4.79 Å². The number of aromatic nitrogens is 2. The van der Waals surface area contributed by atoms with Gasteiger partial charge in [-0.2, -0.15) is 5.10 Å². The molecule has 4 rings (SSSR count). The first-order chi connectivity index (χ1) is 13.5. The number of rotatable bonds is 6. The summed E-state index contributed by atoms with van der Waals surface area (Å²) in [6, 6.07) is 5.77. The number of benzene rings is 1. The smallest absolute Gasteiger partial charge is 0.269 e. The van der Waals surface area contributed by atoms with Crippen molar-refractivity contribution in [3.05, 3.63) is 29.5 Å². The Labute approximate surface area is 166 Å². The fraction of sp³-hybridized carbons (Fsp3) is 0.545. The SMILES string of the molecule is COc1ccc(-c2n[nH]c(C(=O)N[C@H](C)[C@@H]3C[C@H]4CC[C@H]3C4)c2C)c(OC)c1. The molecule has 1 aromatic carbocycles. The molecule has 1 amide bonds. The van der Waals surface area contributed by atoms with Crippen molar-refractivity contribution < 1.29 is 14.3 Å². The Morgan fingerprint density at radius 2 is 2.07 bits per heavy atom. The summed E-state index contributed by atoms with van der Waals surface area (Å²) in [5.41, 5.74) is 2.89. The van der Waals surface area contributed by atoms with Crippen molar-refractivity contribution in [3.8, 4) is 22.8 Å². The molecule has 0 spiro atoms. The molecule has 28 heavy (non-hydrogen) atoms. The summed E-state index contributed by atoms with van der Waals surface area (Å²) in [6.07, 6.45) is 5.28. The van der Waals surface area contributed by atoms with Gasteiger partial charge in [0.1, 0.15) is 17.2 Å². The van der Waals surface area contributed by atoms with Gasteiger partial charge < -0.3 is 14.8 Å². The summed E-state index contributed by atoms with van der Waals surface area (Å²) in [5.74, 6) is 3.55. The quantitative estimate of drug-likeness (QED) is 0.792. The molecule has 6 nitrogen and oxygen atoms in total. The Hall–Kier alpha value is -2.50. The van der Waals surface area contributed by atoms with Crippen LogP contribution in [0.25, 0.3) is 11.3 Å². The summed E-state index contributed by atoms with van der Waals surface area (Å²) in [6.45, 7) is 4.06. The van der Waals surface area contributed by atoms with Crippen molar-refractivity contribution in [2.75, 3.05) is 14.2 Å². The third kappa shape index (κ3) is 3.25. The van der Waals surface area contributed by atoms with Gasteiger partial charge in [-0.05, 0) is 63.0 Å². The van der Waals surface area contributed by atoms with E-state index in [0.29, 0.717) is 23.1 Å². The van der Waals surface area contributed by atoms with Crippen LogP contribution in [0.4, 0.5) is 0 Å². The Kier molecular flexibility index (Phi) is 5.04. The number of carbonyl (C=O) groups excluding carboxylic acids is 1. The number of methoxy groups -OCH3 is 2. The highest BCUT2D eigenvalue weighted by Crippen LogP contribution is 2.49. The van der Waals surface area contributed by atoms with Gasteiger partial charge in [-0.15, -0.1) is 0 Å². The molecule has 2 saturated carbocycles. The Balaban J connectivity index is 1.52. The summed E-state index contributed by atoms with van der Waals surface area (Å²) >= 11 is 0. The Morgan fingerprint density at radius 3 is 2.71 bits per heavy atom. The molecule has 1 aromatic heterocycles. The number of nitrogens with zero attached hydrogens (tertiary/aromatic N) is 1. The lowest BCUT2D eigenvalue weighted by atomic mass is 9.84. The maximum absolute atomic E-state index is 12.9. The highest BCUT2D eigenvalue weighted by atomic mass is 16.5. The summed E-state index contributed by atoms with van der Waals surface area (Å²) in [5, 5.41) is 10.6. The monoisotopic (exact) mass is 383 g/mol. The van der Waals surface area contributed by atoms with E-state index >= 15 is 0 Å². The zero-order valence-corrected chi connectivity index (χ0v) is 17.0. The van der Waals surface area contributed by atoms with Crippen LogP contribution in [0.1, 0.15) is 48.7 Å². The normalized spacial score (nSPS) is 24.2. The van der Waals surface area contributed by atoms with Crippen molar-refractivity contribution in [1.29, 1.82) is 0 Å². The van der Waals surface area contributed by atoms with Gasteiger partial charge in [-0.1, -0.05) is 6.42 Å². The fourth-order valence-corrected chi connectivity index (χ4v) is 5.17. The predicted molar refractivity (Wildman–Crippen MR) is 108 cm³/mol. The summed E-state index contributed by atoms with van der Waals surface area (Å²) < 4.78 is 10.8. The summed E-state index contributed by atoms with van der Waals surface area (Å²) in [4.78, 5) is 12.9. The van der Waals surface area contributed by atoms with Crippen molar-refractivity contribution >= 4 is 5.91 Å². The van der Waals surface area contributed by atoms with Crippen molar-refractivity contribution in [3.63, 3.8) is 0 Å². The highest BCUT2D eigenvalue weighted by Gasteiger charge is 2.42. The van der Waals surface area contributed by atoms with Gasteiger partial charge in [0, 0.05) is 23.2 Å². The van der Waals surface area contributed by atoms with Crippen molar-refractivity contribution in [2.45, 2.75) is 45.6 Å². The third-order valence-electron chi connectivity index (χ3n) is 6.69. The van der Waals surface area contributed by atoms with Crippen molar-refractivity contribution in [2.24, 2.45) is 17.8 Å². The lowest BCUT2D eigenvalue weighted by Gasteiger charge is -2.28. The molecule has 1 heterocycles. The van der Waals surface area contributed by atoms with Gasteiger partial charge in [0.05, 0.1) is 19.9 Å². The van der Waals surface area contributed by atoms with E-state index in [0.717, 1.165) is 28.7 Å². The average molecular weight is 383 g/mol. The van der Waals surface area contributed by atoms with Crippen LogP contribution in [0.3, 0.4) is 0 Å². The second-order valence-corrected chi connectivity index (χ2v) is 8.24. The van der Waals surface area contributed by atoms with Gasteiger partial charge in [0.25, 0.3) is 5.91 Å². The number of fused-ring (bicyclic) bond motifs is 2. The number of hydrogen-bond acceptors (Lipinski definition) is 4. The molecular formula is C22H29N3O3. The second kappa shape index (κ2) is 7.49. The topological polar surface area (TPSA) is 76.2 Å². The number of nitrogens with one attached hydrogen (secondary N) is 2. The maximum atomic E-state index is 12.9. The van der Waals surface area contributed by atoms with Gasteiger partial charge in [0.2, 0.25) is 0 Å². The maximum Gasteiger partial charge on any atom is 0.269 e. The molecular weight excluding hydrogens is 354 g/mol. The molecule has 4 atom stereocenters. The van der Waals surface area contributed by atoms with Gasteiger partial charge in [-0.25, -0.2) is 0 Å². The first kappa shape index (κ1) is 18.8. The molecule has 0 saturated heterocycles. The third-order valence-corrected chi connectivity index (χ3v) is 6.69. The van der Waals surface area contributed by atoms with E-state index in [4.69, 9.17) is 9.47 Å². The molecule has 2 aliphatic carbocycles. The Bertz CT molecular complexity index is 876. The van der Waals surface area contributed by atoms with Crippen LogP contribution in [-0.4, -0.2) is 36.4 Å². The first-order valence-electron chi connectivity index (χ1n) is 10.1. The molecule has 2 N–H and O–H groups in total. The van der Waals surface area contributed by atoms with E-state index in [-0.39, 0.29) is 11.9 Å². The van der Waals surface area contributed by atoms with Crippen molar-refractivity contribution in [1.82, 2.24) is 15.5 Å². The molecule has 0 unspecified atom stereocenters. The molecule has 0 aliphatic heterocycles. The Morgan fingerprint density at radius 1 is 1.25 bits per heavy atom. The van der Waals surface area contributed by atoms with Crippen LogP contribution in [0.5, 0.6) is 11.5 Å². The van der Waals surface area contributed by atoms with E-state index in [1.165, 1.54) is 25.7 Å². The van der Waals surface area contributed by atoms with E-state index in [1.807, 2.05) is 25.1 Å². The second-order valence-electron chi connectivity index (χ2n) is 8.24. The van der Waals surface area contributed by atoms with Gasteiger partial charge in [-0.3, -0.25) is 9.89 Å². The number of H-pyrrole nitrogens is 1. The van der Waals surface area contributed by atoms with Crippen LogP contribution < -0.4 is 14.8 Å². The van der Waals surface area contributed by atoms with Gasteiger partial charge >= 0.3 is 0 Å². The zero-order valence-electron chi connectivity index (χ0n) is 17.0. The van der Waals surface area contributed by atoms with Crippen LogP contribution in [0, 0.1) is 24.7 Å². The van der Waals surface area contributed by atoms with Crippen LogP contribution in [0.2, 0.25) is 0 Å². The number of carbonyl (C=O) groups is 1. The fourth-order valence-electron chi connectivity index (χ4n) is 5.17. The average Bonchev–Trinajstić information content (AvgIpc) is 3.43. The first-order valence-corrected chi connectivity index (χ1v) is 10.1. The number of hydrogen-bond donors (Lipinski definition) is 2. The van der Waals surface area contributed by atoms with E-state index < -0.39 is 0 Å². The molecule has 150 valence electrons. The lowest BCUT2D eigenvalue weighted by Crippen LogP contribution is -2.40. The zero-order chi connectivity index (χ0) is 19.8. The molecule has 2 aliphatic rings. The van der Waals surface area contributed by atoms with Crippen LogP contribution in [0.15, 0.2) is 18.2 Å². The minimum absolute atomic E-state index is 0.0843. The minimum Gasteiger partial charge on any atom is -0.497 e. The van der Waals surface area contributed by atoms with Gasteiger partial charge in [0.15, 0.2) is 0 Å². The van der Waals surface area contributed by atoms with Crippen LogP contribution >= 0.6 is 0 Å². The number of ether oxygens (including phenoxy) is 2. The van der Waals surface area contributed by atoms with Crippen LogP contribution in [-0.2, 0) is 0 Å². The number of aromatic amines is 1. The molecule has 2 bridgehead atoms. The largest absolute Gasteiger partial charge is 0.497 e. The van der Waals surface area contributed by atoms with E-state index in [2.05, 4.69) is 22.4 Å². The minimum atomic E-state index is -0.0843. The summed E-state index contributed by atoms with van der Waals surface area (Å²) in [7, 11) is 3.24. The molecule has 0 radical (unpaired) electrons. The molecule has 6 heteroatoms. The molecule has 2 aromatic rings.